The summed E-state index contributed by atoms with van der Waals surface area (Å²) in [6.45, 7) is 3.51. The third kappa shape index (κ3) is 1.94. The Morgan fingerprint density at radius 2 is 1.86 bits per heavy atom. The molecule has 0 aliphatic rings. The fourth-order valence-corrected chi connectivity index (χ4v) is 1.18. The molecule has 0 aliphatic carbocycles. The Kier molecular flexibility index (Phi) is 2.93. The van der Waals surface area contributed by atoms with Gasteiger partial charge >= 0.3 is 0 Å². The lowest BCUT2D eigenvalue weighted by atomic mass is 9.86. The maximum Gasteiger partial charge on any atom is 0.231 e. The summed E-state index contributed by atoms with van der Waals surface area (Å²) >= 11 is 5.47. The number of rotatable bonds is 2. The Labute approximate surface area is 88.1 Å². The Morgan fingerprint density at radius 1 is 1.36 bits per heavy atom. The van der Waals surface area contributed by atoms with Crippen molar-refractivity contribution in [3.05, 3.63) is 35.4 Å². The molecule has 14 heavy (non-hydrogen) atoms. The van der Waals surface area contributed by atoms with Crippen LogP contribution in [0.4, 0.5) is 0 Å². The highest BCUT2D eigenvalue weighted by atomic mass is 35.5. The predicted octanol–water partition coefficient (Wildman–Crippen LogP) is 2.60. The van der Waals surface area contributed by atoms with E-state index in [1.54, 1.807) is 38.1 Å². The molecule has 1 aromatic rings. The number of nitriles is 1. The Bertz CT molecular complexity index is 387. The highest BCUT2D eigenvalue weighted by Crippen LogP contribution is 2.25. The molecule has 0 heterocycles. The molecule has 1 rings (SSSR count). The molecule has 0 aliphatic heterocycles. The van der Waals surface area contributed by atoms with Crippen molar-refractivity contribution in [1.82, 2.24) is 0 Å². The van der Waals surface area contributed by atoms with E-state index in [1.165, 1.54) is 0 Å². The van der Waals surface area contributed by atoms with Crippen molar-refractivity contribution in [3.8, 4) is 6.07 Å². The second kappa shape index (κ2) is 3.81. The quantitative estimate of drug-likeness (QED) is 0.700. The van der Waals surface area contributed by atoms with E-state index in [-0.39, 0.29) is 0 Å². The van der Waals surface area contributed by atoms with Gasteiger partial charge < -0.3 is 0 Å². The van der Waals surface area contributed by atoms with E-state index >= 15 is 0 Å². The second-order valence-electron chi connectivity index (χ2n) is 3.59. The zero-order valence-corrected chi connectivity index (χ0v) is 8.80. The monoisotopic (exact) mass is 207 g/mol. The van der Waals surface area contributed by atoms with Gasteiger partial charge in [-0.25, -0.2) is 0 Å². The summed E-state index contributed by atoms with van der Waals surface area (Å²) in [5.74, 6) is 0. The van der Waals surface area contributed by atoms with Gasteiger partial charge in [-0.15, -0.1) is 0 Å². The zero-order valence-electron chi connectivity index (χ0n) is 8.04. The molecule has 72 valence electrons. The molecule has 0 aromatic heterocycles. The van der Waals surface area contributed by atoms with Crippen LogP contribution in [0.1, 0.15) is 25.0 Å². The topological polar surface area (TPSA) is 40.9 Å². The number of carbonyl (C=O) groups excluding carboxylic acids is 1. The van der Waals surface area contributed by atoms with Crippen LogP contribution in [0.3, 0.4) is 0 Å². The van der Waals surface area contributed by atoms with Crippen molar-refractivity contribution < 1.29 is 4.79 Å². The fraction of sp³-hybridized carbons (Fsp3) is 0.273. The minimum absolute atomic E-state index is 0.401. The minimum Gasteiger partial charge on any atom is -0.280 e. The number of benzene rings is 1. The molecule has 0 amide bonds. The van der Waals surface area contributed by atoms with E-state index in [0.717, 1.165) is 5.56 Å². The van der Waals surface area contributed by atoms with Gasteiger partial charge in [0.25, 0.3) is 0 Å². The standard InChI is InChI=1S/C11H10ClNO/c1-11(2,10(12)14)9-5-3-8(7-13)4-6-9/h3-6H,1-2H3. The summed E-state index contributed by atoms with van der Waals surface area (Å²) in [5.41, 5.74) is 0.693. The van der Waals surface area contributed by atoms with E-state index < -0.39 is 10.7 Å². The number of nitrogens with zero attached hydrogens (tertiary/aromatic N) is 1. The van der Waals surface area contributed by atoms with Crippen LogP contribution < -0.4 is 0 Å². The average molecular weight is 208 g/mol. The third-order valence-electron chi connectivity index (χ3n) is 2.23. The van der Waals surface area contributed by atoms with Crippen molar-refractivity contribution in [2.75, 3.05) is 0 Å². The molecule has 0 fully saturated rings. The maximum absolute atomic E-state index is 11.1. The average Bonchev–Trinajstić information content (AvgIpc) is 2.17. The molecule has 0 saturated heterocycles. The molecule has 0 spiro atoms. The van der Waals surface area contributed by atoms with Crippen molar-refractivity contribution in [2.24, 2.45) is 0 Å². The number of halogens is 1. The van der Waals surface area contributed by atoms with Crippen molar-refractivity contribution in [1.29, 1.82) is 5.26 Å². The molecule has 0 unspecified atom stereocenters. The molecule has 0 radical (unpaired) electrons. The lowest BCUT2D eigenvalue weighted by Gasteiger charge is -2.19. The molecule has 0 saturated carbocycles. The van der Waals surface area contributed by atoms with Gasteiger partial charge in [-0.1, -0.05) is 12.1 Å². The minimum atomic E-state index is -0.699. The molecule has 0 bridgehead atoms. The van der Waals surface area contributed by atoms with Crippen LogP contribution in [-0.4, -0.2) is 5.24 Å². The smallest absolute Gasteiger partial charge is 0.231 e. The third-order valence-corrected chi connectivity index (χ3v) is 2.70. The summed E-state index contributed by atoms with van der Waals surface area (Å²) in [7, 11) is 0. The molecule has 3 heteroatoms. The van der Waals surface area contributed by atoms with Crippen LogP contribution in [0.2, 0.25) is 0 Å². The van der Waals surface area contributed by atoms with Gasteiger partial charge in [0, 0.05) is 0 Å². The summed E-state index contributed by atoms with van der Waals surface area (Å²) < 4.78 is 0. The lowest BCUT2D eigenvalue weighted by molar-refractivity contribution is -0.115. The van der Waals surface area contributed by atoms with Gasteiger partial charge in [-0.3, -0.25) is 4.79 Å². The Balaban J connectivity index is 3.10. The molecular weight excluding hydrogens is 198 g/mol. The second-order valence-corrected chi connectivity index (χ2v) is 3.93. The Hall–Kier alpha value is -1.33. The van der Waals surface area contributed by atoms with Crippen LogP contribution in [-0.2, 0) is 10.2 Å². The number of hydrogen-bond acceptors (Lipinski definition) is 2. The number of hydrogen-bond donors (Lipinski definition) is 0. The van der Waals surface area contributed by atoms with E-state index in [1.807, 2.05) is 6.07 Å². The first kappa shape index (κ1) is 10.7. The van der Waals surface area contributed by atoms with Crippen LogP contribution >= 0.6 is 11.6 Å². The maximum atomic E-state index is 11.1. The van der Waals surface area contributed by atoms with Crippen molar-refractivity contribution in [3.63, 3.8) is 0 Å². The first-order valence-electron chi connectivity index (χ1n) is 4.19. The van der Waals surface area contributed by atoms with E-state index in [2.05, 4.69) is 0 Å². The summed E-state index contributed by atoms with van der Waals surface area (Å²) in [4.78, 5) is 11.1. The van der Waals surface area contributed by atoms with Gasteiger partial charge in [0.1, 0.15) is 0 Å². The molecule has 1 aromatic carbocycles. The summed E-state index contributed by atoms with van der Waals surface area (Å²) in [6, 6.07) is 8.87. The van der Waals surface area contributed by atoms with Gasteiger partial charge in [0.2, 0.25) is 5.24 Å². The summed E-state index contributed by atoms with van der Waals surface area (Å²) in [5, 5.41) is 8.20. The van der Waals surface area contributed by atoms with Crippen LogP contribution in [0.15, 0.2) is 24.3 Å². The largest absolute Gasteiger partial charge is 0.280 e. The first-order valence-corrected chi connectivity index (χ1v) is 4.57. The molecule has 2 nitrogen and oxygen atoms in total. The SMILES string of the molecule is CC(C)(C(=O)Cl)c1ccc(C#N)cc1. The van der Waals surface area contributed by atoms with Gasteiger partial charge in [-0.05, 0) is 43.1 Å². The van der Waals surface area contributed by atoms with Gasteiger partial charge in [0.15, 0.2) is 0 Å². The first-order chi connectivity index (χ1) is 6.48. The highest BCUT2D eigenvalue weighted by molar-refractivity contribution is 6.65. The Morgan fingerprint density at radius 3 is 2.21 bits per heavy atom. The van der Waals surface area contributed by atoms with Gasteiger partial charge in [0.05, 0.1) is 17.0 Å². The zero-order chi connectivity index (χ0) is 10.8. The normalized spacial score (nSPS) is 10.7. The highest BCUT2D eigenvalue weighted by Gasteiger charge is 2.27. The molecule has 0 N–H and O–H groups in total. The van der Waals surface area contributed by atoms with Crippen LogP contribution in [0.5, 0.6) is 0 Å². The number of carbonyl (C=O) groups is 1. The van der Waals surface area contributed by atoms with Crippen LogP contribution in [0, 0.1) is 11.3 Å². The van der Waals surface area contributed by atoms with E-state index in [9.17, 15) is 4.79 Å². The fourth-order valence-electron chi connectivity index (χ4n) is 1.07. The van der Waals surface area contributed by atoms with Crippen molar-refractivity contribution in [2.45, 2.75) is 19.3 Å². The van der Waals surface area contributed by atoms with E-state index in [4.69, 9.17) is 16.9 Å². The van der Waals surface area contributed by atoms with Gasteiger partial charge in [-0.2, -0.15) is 5.26 Å². The summed E-state index contributed by atoms with van der Waals surface area (Å²) in [6.07, 6.45) is 0. The lowest BCUT2D eigenvalue weighted by Crippen LogP contribution is -2.24. The molecule has 0 atom stereocenters. The van der Waals surface area contributed by atoms with Crippen LogP contribution in [0.25, 0.3) is 0 Å². The molecular formula is C11H10ClNO. The van der Waals surface area contributed by atoms with E-state index in [0.29, 0.717) is 5.56 Å². The predicted molar refractivity (Wildman–Crippen MR) is 55.0 cm³/mol. The van der Waals surface area contributed by atoms with Crippen molar-refractivity contribution >= 4 is 16.8 Å².